The van der Waals surface area contributed by atoms with E-state index < -0.39 is 0 Å². The summed E-state index contributed by atoms with van der Waals surface area (Å²) in [5.74, 6) is -0.00563. The smallest absolute Gasteiger partial charge is 0.227 e. The minimum atomic E-state index is -0.197. The zero-order chi connectivity index (χ0) is 17.6. The topological polar surface area (TPSA) is 42.4 Å². The van der Waals surface area contributed by atoms with Gasteiger partial charge in [-0.3, -0.25) is 9.78 Å². The van der Waals surface area contributed by atoms with E-state index in [4.69, 9.17) is 4.74 Å². The van der Waals surface area contributed by atoms with E-state index in [2.05, 4.69) is 4.98 Å². The fraction of sp³-hybridized carbons (Fsp3) is 0.400. The summed E-state index contributed by atoms with van der Waals surface area (Å²) in [5, 5.41) is 0. The highest BCUT2D eigenvalue weighted by Crippen LogP contribution is 2.25. The first-order valence-electron chi connectivity index (χ1n) is 8.60. The molecule has 0 saturated carbocycles. The van der Waals surface area contributed by atoms with Crippen LogP contribution in [0.2, 0.25) is 0 Å². The van der Waals surface area contributed by atoms with Gasteiger partial charge in [-0.25, -0.2) is 4.39 Å². The highest BCUT2D eigenvalue weighted by atomic mass is 19.1. The number of aromatic nitrogens is 1. The van der Waals surface area contributed by atoms with Crippen molar-refractivity contribution < 1.29 is 13.9 Å². The van der Waals surface area contributed by atoms with Gasteiger partial charge >= 0.3 is 0 Å². The van der Waals surface area contributed by atoms with Gasteiger partial charge in [0.05, 0.1) is 12.5 Å². The molecule has 1 aromatic heterocycles. The molecule has 3 rings (SSSR count). The zero-order valence-electron chi connectivity index (χ0n) is 14.4. The van der Waals surface area contributed by atoms with Crippen LogP contribution in [-0.4, -0.2) is 42.1 Å². The number of piperidine rings is 1. The lowest BCUT2D eigenvalue weighted by Crippen LogP contribution is -2.47. The maximum atomic E-state index is 14.0. The Labute approximate surface area is 147 Å². The van der Waals surface area contributed by atoms with Gasteiger partial charge in [-0.1, -0.05) is 18.2 Å². The zero-order valence-corrected chi connectivity index (χ0v) is 14.4. The minimum absolute atomic E-state index is 0.0459. The van der Waals surface area contributed by atoms with Gasteiger partial charge in [0.25, 0.3) is 0 Å². The number of ether oxygens (including phenoxy) is 1. The number of nitrogens with zero attached hydrogens (tertiary/aromatic N) is 2. The molecule has 0 N–H and O–H groups in total. The first-order valence-corrected chi connectivity index (χ1v) is 8.60. The van der Waals surface area contributed by atoms with Crippen molar-refractivity contribution in [2.24, 2.45) is 5.92 Å². The van der Waals surface area contributed by atoms with E-state index in [1.165, 1.54) is 6.07 Å². The monoisotopic (exact) mass is 342 g/mol. The molecule has 1 fully saturated rings. The summed E-state index contributed by atoms with van der Waals surface area (Å²) in [5.41, 5.74) is 1.64. The highest BCUT2D eigenvalue weighted by Gasteiger charge is 2.32. The number of carbonyl (C=O) groups excluding carboxylic acids is 1. The third-order valence-electron chi connectivity index (χ3n) is 4.86. The van der Waals surface area contributed by atoms with E-state index in [1.807, 2.05) is 23.1 Å². The molecule has 5 heteroatoms. The lowest BCUT2D eigenvalue weighted by molar-refractivity contribution is -0.134. The summed E-state index contributed by atoms with van der Waals surface area (Å²) >= 11 is 0. The first kappa shape index (κ1) is 17.5. The fourth-order valence-electron chi connectivity index (χ4n) is 3.48. The van der Waals surface area contributed by atoms with Crippen molar-refractivity contribution in [1.82, 2.24) is 9.88 Å². The molecule has 0 aliphatic carbocycles. The number of halogens is 1. The van der Waals surface area contributed by atoms with E-state index in [0.29, 0.717) is 31.5 Å². The molecule has 1 saturated heterocycles. The van der Waals surface area contributed by atoms with E-state index in [0.717, 1.165) is 12.0 Å². The summed E-state index contributed by atoms with van der Waals surface area (Å²) < 4.78 is 19.6. The molecule has 0 unspecified atom stereocenters. The van der Waals surface area contributed by atoms with Crippen LogP contribution in [0.1, 0.15) is 17.5 Å². The quantitative estimate of drug-likeness (QED) is 0.839. The Morgan fingerprint density at radius 1 is 1.28 bits per heavy atom. The summed E-state index contributed by atoms with van der Waals surface area (Å²) in [7, 11) is 1.69. The Kier molecular flexibility index (Phi) is 5.76. The summed E-state index contributed by atoms with van der Waals surface area (Å²) in [6.07, 6.45) is 5.15. The van der Waals surface area contributed by atoms with E-state index in [1.54, 1.807) is 31.6 Å². The van der Waals surface area contributed by atoms with Gasteiger partial charge in [0.15, 0.2) is 0 Å². The molecular formula is C20H23FN2O2. The third kappa shape index (κ3) is 4.42. The van der Waals surface area contributed by atoms with Gasteiger partial charge in [-0.2, -0.15) is 0 Å². The molecule has 4 nitrogen and oxygen atoms in total. The van der Waals surface area contributed by atoms with Crippen LogP contribution < -0.4 is 0 Å². The Hall–Kier alpha value is -2.27. The number of methoxy groups -OCH3 is 1. The van der Waals surface area contributed by atoms with Gasteiger partial charge in [-0.15, -0.1) is 0 Å². The van der Waals surface area contributed by atoms with Crippen LogP contribution in [-0.2, 0) is 22.4 Å². The second-order valence-corrected chi connectivity index (χ2v) is 6.49. The normalized spacial score (nSPS) is 20.5. The van der Waals surface area contributed by atoms with Crippen LogP contribution in [0.15, 0.2) is 48.8 Å². The van der Waals surface area contributed by atoms with Crippen LogP contribution in [0.5, 0.6) is 0 Å². The summed E-state index contributed by atoms with van der Waals surface area (Å²) in [6.45, 7) is 1.27. The Bertz CT molecular complexity index is 708. The maximum absolute atomic E-state index is 14.0. The van der Waals surface area contributed by atoms with Crippen molar-refractivity contribution in [3.63, 3.8) is 0 Å². The van der Waals surface area contributed by atoms with Gasteiger partial charge in [0.2, 0.25) is 5.91 Å². The molecule has 0 spiro atoms. The Morgan fingerprint density at radius 2 is 2.04 bits per heavy atom. The third-order valence-corrected chi connectivity index (χ3v) is 4.86. The minimum Gasteiger partial charge on any atom is -0.381 e. The number of hydrogen-bond acceptors (Lipinski definition) is 3. The van der Waals surface area contributed by atoms with Crippen LogP contribution in [0, 0.1) is 11.7 Å². The van der Waals surface area contributed by atoms with Crippen molar-refractivity contribution in [1.29, 1.82) is 0 Å². The predicted octanol–water partition coefficient (Wildman–Crippen LogP) is 2.87. The highest BCUT2D eigenvalue weighted by molar-refractivity contribution is 5.78. The second-order valence-electron chi connectivity index (χ2n) is 6.49. The van der Waals surface area contributed by atoms with E-state index in [9.17, 15) is 9.18 Å². The predicted molar refractivity (Wildman–Crippen MR) is 93.5 cm³/mol. The average molecular weight is 342 g/mol. The molecule has 1 aliphatic rings. The number of carbonyl (C=O) groups is 1. The van der Waals surface area contributed by atoms with Gasteiger partial charge in [0.1, 0.15) is 5.82 Å². The average Bonchev–Trinajstić information content (AvgIpc) is 2.64. The lowest BCUT2D eigenvalue weighted by Gasteiger charge is -2.38. The lowest BCUT2D eigenvalue weighted by atomic mass is 9.88. The number of likely N-dealkylation sites (tertiary alicyclic amines) is 1. The number of benzene rings is 1. The first-order chi connectivity index (χ1) is 12.2. The summed E-state index contributed by atoms with van der Waals surface area (Å²) in [4.78, 5) is 18.5. The van der Waals surface area contributed by atoms with Crippen molar-refractivity contribution in [2.45, 2.75) is 25.4 Å². The molecule has 25 heavy (non-hydrogen) atoms. The van der Waals surface area contributed by atoms with Crippen LogP contribution >= 0.6 is 0 Å². The molecule has 1 amide bonds. The summed E-state index contributed by atoms with van der Waals surface area (Å²) in [6, 6.07) is 10.5. The molecule has 1 aliphatic heterocycles. The maximum Gasteiger partial charge on any atom is 0.227 e. The molecule has 2 heterocycles. The van der Waals surface area contributed by atoms with Crippen molar-refractivity contribution >= 4 is 5.91 Å². The van der Waals surface area contributed by atoms with Gasteiger partial charge in [0, 0.05) is 38.5 Å². The number of rotatable bonds is 5. The fourth-order valence-corrected chi connectivity index (χ4v) is 3.48. The number of amides is 1. The Balaban J connectivity index is 1.67. The number of pyridine rings is 1. The Morgan fingerprint density at radius 3 is 2.76 bits per heavy atom. The molecular weight excluding hydrogens is 319 g/mol. The largest absolute Gasteiger partial charge is 0.381 e. The molecule has 2 atom stereocenters. The molecule has 0 bridgehead atoms. The van der Waals surface area contributed by atoms with Crippen molar-refractivity contribution in [3.05, 3.63) is 65.7 Å². The van der Waals surface area contributed by atoms with Gasteiger partial charge < -0.3 is 9.64 Å². The molecule has 0 radical (unpaired) electrons. The van der Waals surface area contributed by atoms with E-state index >= 15 is 0 Å². The SMILES string of the molecule is CO[C@@H]1CCN(C(=O)Cc2ccncc2)C[C@H]1Cc1ccccc1F. The molecule has 1 aromatic carbocycles. The van der Waals surface area contributed by atoms with Crippen molar-refractivity contribution in [2.75, 3.05) is 20.2 Å². The van der Waals surface area contributed by atoms with Crippen LogP contribution in [0.4, 0.5) is 4.39 Å². The van der Waals surface area contributed by atoms with Crippen molar-refractivity contribution in [3.8, 4) is 0 Å². The van der Waals surface area contributed by atoms with Crippen LogP contribution in [0.25, 0.3) is 0 Å². The standard InChI is InChI=1S/C20H23FN2O2/c1-25-19-8-11-23(20(24)12-15-6-9-22-10-7-15)14-17(19)13-16-4-2-3-5-18(16)21/h2-7,9-10,17,19H,8,11-14H2,1H3/t17-,19-/m1/s1. The van der Waals surface area contributed by atoms with Gasteiger partial charge in [-0.05, 0) is 42.2 Å². The van der Waals surface area contributed by atoms with Crippen LogP contribution in [0.3, 0.4) is 0 Å². The molecule has 132 valence electrons. The second kappa shape index (κ2) is 8.21. The molecule has 2 aromatic rings. The number of hydrogen-bond donors (Lipinski definition) is 0. The van der Waals surface area contributed by atoms with E-state index in [-0.39, 0.29) is 23.7 Å².